The van der Waals surface area contributed by atoms with Crippen LogP contribution in [-0.4, -0.2) is 40.9 Å². The first-order valence-electron chi connectivity index (χ1n) is 8.33. The van der Waals surface area contributed by atoms with E-state index in [2.05, 4.69) is 10.0 Å². The van der Waals surface area contributed by atoms with Crippen LogP contribution in [0.25, 0.3) is 0 Å². The molecule has 0 saturated heterocycles. The summed E-state index contributed by atoms with van der Waals surface area (Å²) >= 11 is 6.23. The number of fused-ring (bicyclic) bond motifs is 1. The summed E-state index contributed by atoms with van der Waals surface area (Å²) in [7, 11) is -2.06. The van der Waals surface area contributed by atoms with E-state index in [-0.39, 0.29) is 16.5 Å². The van der Waals surface area contributed by atoms with Gasteiger partial charge in [-0.2, -0.15) is 0 Å². The summed E-state index contributed by atoms with van der Waals surface area (Å²) in [6, 6.07) is 7.63. The Balaban J connectivity index is 1.83. The zero-order valence-electron chi connectivity index (χ0n) is 15.2. The van der Waals surface area contributed by atoms with E-state index >= 15 is 0 Å². The standard InChI is InChI=1S/C18H19ClN2O6S/c1-25-15-10-12(4-5-14(15)21-28(2,23)24)20-18(22)11-8-13(19)17-16(9-11)26-6-3-7-27-17/h4-5,8-10,21H,3,6-7H2,1-2H3,(H,20,22). The Kier molecular flexibility index (Phi) is 5.85. The van der Waals surface area contributed by atoms with E-state index in [1.54, 1.807) is 12.1 Å². The highest BCUT2D eigenvalue weighted by atomic mass is 35.5. The molecular weight excluding hydrogens is 408 g/mol. The maximum atomic E-state index is 12.6. The fraction of sp³-hybridized carbons (Fsp3) is 0.278. The molecule has 2 N–H and O–H groups in total. The molecule has 8 nitrogen and oxygen atoms in total. The summed E-state index contributed by atoms with van der Waals surface area (Å²) in [5.41, 5.74) is 0.984. The lowest BCUT2D eigenvalue weighted by atomic mass is 10.1. The smallest absolute Gasteiger partial charge is 0.255 e. The molecule has 1 heterocycles. The molecule has 0 aliphatic carbocycles. The molecule has 28 heavy (non-hydrogen) atoms. The first-order valence-corrected chi connectivity index (χ1v) is 10.6. The lowest BCUT2D eigenvalue weighted by Crippen LogP contribution is -2.13. The Labute approximate surface area is 167 Å². The summed E-state index contributed by atoms with van der Waals surface area (Å²) in [4.78, 5) is 12.6. The summed E-state index contributed by atoms with van der Waals surface area (Å²) < 4.78 is 41.5. The van der Waals surface area contributed by atoms with Crippen LogP contribution in [0.2, 0.25) is 5.02 Å². The van der Waals surface area contributed by atoms with Crippen molar-refractivity contribution < 1.29 is 27.4 Å². The number of nitrogens with one attached hydrogen (secondary N) is 2. The Morgan fingerprint density at radius 3 is 2.64 bits per heavy atom. The SMILES string of the molecule is COc1cc(NC(=O)c2cc(Cl)c3c(c2)OCCCO3)ccc1NS(C)(=O)=O. The molecule has 0 aromatic heterocycles. The van der Waals surface area contributed by atoms with Gasteiger partial charge in [-0.05, 0) is 24.3 Å². The third-order valence-corrected chi connectivity index (χ3v) is 4.69. The molecule has 2 aromatic carbocycles. The second-order valence-corrected chi connectivity index (χ2v) is 8.23. The maximum Gasteiger partial charge on any atom is 0.255 e. The average molecular weight is 427 g/mol. The predicted octanol–water partition coefficient (Wildman–Crippen LogP) is 3.13. The fourth-order valence-corrected chi connectivity index (χ4v) is 3.45. The molecule has 2 aromatic rings. The van der Waals surface area contributed by atoms with Crippen LogP contribution in [0.4, 0.5) is 11.4 Å². The van der Waals surface area contributed by atoms with Crippen LogP contribution in [0.5, 0.6) is 17.2 Å². The molecule has 150 valence electrons. The third kappa shape index (κ3) is 4.79. The summed E-state index contributed by atoms with van der Waals surface area (Å²) in [5.74, 6) is 0.692. The largest absolute Gasteiger partial charge is 0.494 e. The number of carbonyl (C=O) groups is 1. The number of anilines is 2. The molecule has 10 heteroatoms. The summed E-state index contributed by atoms with van der Waals surface area (Å²) in [6.45, 7) is 0.965. The number of ether oxygens (including phenoxy) is 3. The minimum absolute atomic E-state index is 0.264. The van der Waals surface area contributed by atoms with Crippen LogP contribution in [0.15, 0.2) is 30.3 Å². The van der Waals surface area contributed by atoms with E-state index in [9.17, 15) is 13.2 Å². The topological polar surface area (TPSA) is 103 Å². The number of carbonyl (C=O) groups excluding carboxylic acids is 1. The first-order chi connectivity index (χ1) is 13.3. The van der Waals surface area contributed by atoms with E-state index in [0.717, 1.165) is 12.7 Å². The van der Waals surface area contributed by atoms with Crippen molar-refractivity contribution in [3.8, 4) is 17.2 Å². The predicted molar refractivity (Wildman–Crippen MR) is 106 cm³/mol. The van der Waals surface area contributed by atoms with Gasteiger partial charge in [0, 0.05) is 23.7 Å². The van der Waals surface area contributed by atoms with Gasteiger partial charge in [-0.15, -0.1) is 0 Å². The Morgan fingerprint density at radius 1 is 1.18 bits per heavy atom. The molecule has 1 aliphatic heterocycles. The van der Waals surface area contributed by atoms with E-state index in [1.165, 1.54) is 25.3 Å². The van der Waals surface area contributed by atoms with Crippen molar-refractivity contribution in [2.24, 2.45) is 0 Å². The van der Waals surface area contributed by atoms with Gasteiger partial charge in [-0.3, -0.25) is 9.52 Å². The van der Waals surface area contributed by atoms with Crippen molar-refractivity contribution in [3.05, 3.63) is 40.9 Å². The number of hydrogen-bond acceptors (Lipinski definition) is 6. The van der Waals surface area contributed by atoms with Crippen LogP contribution in [0, 0.1) is 0 Å². The number of amides is 1. The monoisotopic (exact) mass is 426 g/mol. The van der Waals surface area contributed by atoms with Gasteiger partial charge in [0.1, 0.15) is 5.75 Å². The number of methoxy groups -OCH3 is 1. The van der Waals surface area contributed by atoms with Gasteiger partial charge in [0.25, 0.3) is 5.91 Å². The molecule has 0 radical (unpaired) electrons. The molecule has 3 rings (SSSR count). The quantitative estimate of drug-likeness (QED) is 0.761. The molecular formula is C18H19ClN2O6S. The van der Waals surface area contributed by atoms with E-state index in [4.69, 9.17) is 25.8 Å². The van der Waals surface area contributed by atoms with Crippen molar-refractivity contribution in [2.75, 3.05) is 36.6 Å². The zero-order valence-corrected chi connectivity index (χ0v) is 16.8. The van der Waals surface area contributed by atoms with Gasteiger partial charge < -0.3 is 19.5 Å². The minimum atomic E-state index is -3.46. The molecule has 1 amide bonds. The van der Waals surface area contributed by atoms with Gasteiger partial charge in [0.2, 0.25) is 10.0 Å². The molecule has 0 fully saturated rings. The van der Waals surface area contributed by atoms with Gasteiger partial charge in [-0.1, -0.05) is 11.6 Å². The fourth-order valence-electron chi connectivity index (χ4n) is 2.62. The highest BCUT2D eigenvalue weighted by molar-refractivity contribution is 7.92. The summed E-state index contributed by atoms with van der Waals surface area (Å²) in [5, 5.41) is 3.01. The van der Waals surface area contributed by atoms with Crippen molar-refractivity contribution in [3.63, 3.8) is 0 Å². The number of sulfonamides is 1. The van der Waals surface area contributed by atoms with E-state index in [0.29, 0.717) is 36.0 Å². The van der Waals surface area contributed by atoms with Crippen molar-refractivity contribution in [1.29, 1.82) is 0 Å². The zero-order chi connectivity index (χ0) is 20.3. The number of rotatable bonds is 5. The van der Waals surface area contributed by atoms with Gasteiger partial charge in [-0.25, -0.2) is 8.42 Å². The molecule has 0 spiro atoms. The Morgan fingerprint density at radius 2 is 1.93 bits per heavy atom. The first kappa shape index (κ1) is 20.1. The third-order valence-electron chi connectivity index (χ3n) is 3.82. The maximum absolute atomic E-state index is 12.6. The Bertz CT molecular complexity index is 1010. The van der Waals surface area contributed by atoms with Crippen LogP contribution in [0.1, 0.15) is 16.8 Å². The highest BCUT2D eigenvalue weighted by Crippen LogP contribution is 2.38. The van der Waals surface area contributed by atoms with E-state index < -0.39 is 15.9 Å². The second kappa shape index (κ2) is 8.15. The normalized spacial score (nSPS) is 13.4. The van der Waals surface area contributed by atoms with Crippen LogP contribution >= 0.6 is 11.6 Å². The van der Waals surface area contributed by atoms with Crippen molar-refractivity contribution in [2.45, 2.75) is 6.42 Å². The second-order valence-electron chi connectivity index (χ2n) is 6.08. The molecule has 0 saturated carbocycles. The van der Waals surface area contributed by atoms with Crippen LogP contribution in [0.3, 0.4) is 0 Å². The minimum Gasteiger partial charge on any atom is -0.494 e. The van der Waals surface area contributed by atoms with Gasteiger partial charge >= 0.3 is 0 Å². The molecule has 0 unspecified atom stereocenters. The lowest BCUT2D eigenvalue weighted by molar-refractivity contribution is 0.102. The van der Waals surface area contributed by atoms with Gasteiger partial charge in [0.05, 0.1) is 37.3 Å². The molecule has 0 atom stereocenters. The number of halogens is 1. The average Bonchev–Trinajstić information content (AvgIpc) is 2.87. The molecule has 1 aliphatic rings. The number of benzene rings is 2. The van der Waals surface area contributed by atoms with Crippen molar-refractivity contribution >= 4 is 38.9 Å². The van der Waals surface area contributed by atoms with Crippen LogP contribution in [-0.2, 0) is 10.0 Å². The lowest BCUT2D eigenvalue weighted by Gasteiger charge is -2.14. The summed E-state index contributed by atoms with van der Waals surface area (Å²) in [6.07, 6.45) is 1.76. The Hall–Kier alpha value is -2.65. The number of hydrogen-bond donors (Lipinski definition) is 2. The van der Waals surface area contributed by atoms with Gasteiger partial charge in [0.15, 0.2) is 11.5 Å². The molecule has 0 bridgehead atoms. The van der Waals surface area contributed by atoms with Crippen molar-refractivity contribution in [1.82, 2.24) is 0 Å². The highest BCUT2D eigenvalue weighted by Gasteiger charge is 2.19. The van der Waals surface area contributed by atoms with Crippen LogP contribution < -0.4 is 24.2 Å². The van der Waals surface area contributed by atoms with E-state index in [1.807, 2.05) is 0 Å².